The van der Waals surface area contributed by atoms with Gasteiger partial charge in [0.05, 0.1) is 5.60 Å². The molecule has 2 rings (SSSR count). The van der Waals surface area contributed by atoms with Gasteiger partial charge in [-0.1, -0.05) is 32.0 Å². The summed E-state index contributed by atoms with van der Waals surface area (Å²) in [6.45, 7) is 7.09. The number of rotatable bonds is 6. The first-order valence-electron chi connectivity index (χ1n) is 7.53. The van der Waals surface area contributed by atoms with Crippen LogP contribution in [-0.2, 0) is 19.3 Å². The molecule has 106 valence electrons. The third-order valence-corrected chi connectivity index (χ3v) is 3.96. The Bertz CT molecular complexity index is 423. The van der Waals surface area contributed by atoms with Crippen LogP contribution in [0.3, 0.4) is 0 Å². The maximum atomic E-state index is 10.5. The molecule has 0 aliphatic heterocycles. The lowest BCUT2D eigenvalue weighted by molar-refractivity contribution is 0.0511. The fraction of sp³-hybridized carbons (Fsp3) is 0.647. The van der Waals surface area contributed by atoms with Crippen LogP contribution in [0.5, 0.6) is 0 Å². The van der Waals surface area contributed by atoms with Crippen molar-refractivity contribution in [2.24, 2.45) is 0 Å². The minimum absolute atomic E-state index is 0.482. The summed E-state index contributed by atoms with van der Waals surface area (Å²) in [7, 11) is 0. The van der Waals surface area contributed by atoms with Crippen molar-refractivity contribution in [2.45, 2.75) is 64.5 Å². The van der Waals surface area contributed by atoms with Gasteiger partial charge in [-0.25, -0.2) is 0 Å². The molecule has 2 heteroatoms. The van der Waals surface area contributed by atoms with Crippen LogP contribution in [-0.4, -0.2) is 23.3 Å². The fourth-order valence-electron chi connectivity index (χ4n) is 2.89. The molecule has 0 aromatic heterocycles. The molecule has 0 radical (unpaired) electrons. The van der Waals surface area contributed by atoms with Crippen molar-refractivity contribution in [2.75, 3.05) is 6.54 Å². The highest BCUT2D eigenvalue weighted by Gasteiger charge is 2.21. The summed E-state index contributed by atoms with van der Waals surface area (Å²) in [6.07, 6.45) is 5.26. The number of fused-ring (bicyclic) bond motifs is 1. The largest absolute Gasteiger partial charge is 0.390 e. The molecule has 2 nitrogen and oxygen atoms in total. The highest BCUT2D eigenvalue weighted by molar-refractivity contribution is 5.35. The second kappa shape index (κ2) is 6.06. The molecule has 1 aromatic carbocycles. The van der Waals surface area contributed by atoms with E-state index in [1.807, 2.05) is 6.92 Å². The Kier molecular flexibility index (Phi) is 4.64. The molecular formula is C17H27NO. The maximum Gasteiger partial charge on any atom is 0.0672 e. The molecule has 1 aliphatic rings. The Morgan fingerprint density at radius 3 is 2.74 bits per heavy atom. The van der Waals surface area contributed by atoms with Gasteiger partial charge in [-0.05, 0) is 55.8 Å². The van der Waals surface area contributed by atoms with Gasteiger partial charge in [-0.2, -0.15) is 0 Å². The van der Waals surface area contributed by atoms with Crippen LogP contribution < -0.4 is 5.32 Å². The van der Waals surface area contributed by atoms with E-state index in [1.54, 1.807) is 0 Å². The molecule has 0 fully saturated rings. The van der Waals surface area contributed by atoms with E-state index in [4.69, 9.17) is 0 Å². The Hall–Kier alpha value is -0.860. The van der Waals surface area contributed by atoms with Crippen molar-refractivity contribution >= 4 is 0 Å². The molecule has 1 aliphatic carbocycles. The topological polar surface area (TPSA) is 32.3 Å². The van der Waals surface area contributed by atoms with Crippen molar-refractivity contribution in [3.8, 4) is 0 Å². The van der Waals surface area contributed by atoms with Crippen molar-refractivity contribution in [3.63, 3.8) is 0 Å². The predicted molar refractivity (Wildman–Crippen MR) is 80.6 cm³/mol. The molecule has 0 saturated heterocycles. The molecule has 1 aromatic rings. The zero-order valence-corrected chi connectivity index (χ0v) is 12.5. The Balaban J connectivity index is 1.92. The molecule has 1 atom stereocenters. The van der Waals surface area contributed by atoms with E-state index < -0.39 is 5.60 Å². The van der Waals surface area contributed by atoms with Crippen molar-refractivity contribution in [3.05, 3.63) is 34.9 Å². The maximum absolute atomic E-state index is 10.5. The molecular weight excluding hydrogens is 234 g/mol. The average Bonchev–Trinajstić information content (AvgIpc) is 2.74. The van der Waals surface area contributed by atoms with E-state index in [0.29, 0.717) is 6.04 Å². The lowest BCUT2D eigenvalue weighted by atomic mass is 9.91. The number of aliphatic hydroxyl groups is 1. The van der Waals surface area contributed by atoms with Gasteiger partial charge in [0.1, 0.15) is 0 Å². The lowest BCUT2D eigenvalue weighted by Crippen LogP contribution is -2.34. The second-order valence-corrected chi connectivity index (χ2v) is 6.49. The monoisotopic (exact) mass is 261 g/mol. The van der Waals surface area contributed by atoms with E-state index in [9.17, 15) is 5.11 Å². The Morgan fingerprint density at radius 2 is 2.00 bits per heavy atom. The van der Waals surface area contributed by atoms with Crippen LogP contribution >= 0.6 is 0 Å². The Labute approximate surface area is 117 Å². The molecule has 0 spiro atoms. The third-order valence-electron chi connectivity index (χ3n) is 3.96. The van der Waals surface area contributed by atoms with E-state index in [0.717, 1.165) is 19.4 Å². The van der Waals surface area contributed by atoms with Gasteiger partial charge in [-0.15, -0.1) is 0 Å². The van der Waals surface area contributed by atoms with Gasteiger partial charge in [0.15, 0.2) is 0 Å². The summed E-state index contributed by atoms with van der Waals surface area (Å²) >= 11 is 0. The predicted octanol–water partition coefficient (Wildman–Crippen LogP) is 2.86. The molecule has 19 heavy (non-hydrogen) atoms. The first-order valence-corrected chi connectivity index (χ1v) is 7.53. The number of nitrogens with one attached hydrogen (secondary N) is 1. The summed E-state index contributed by atoms with van der Waals surface area (Å²) in [5, 5.41) is 13.9. The molecule has 1 unspecified atom stereocenters. The number of benzene rings is 1. The number of aryl methyl sites for hydroxylation is 2. The van der Waals surface area contributed by atoms with E-state index in [2.05, 4.69) is 37.4 Å². The highest BCUT2D eigenvalue weighted by atomic mass is 16.3. The number of hydrogen-bond donors (Lipinski definition) is 2. The van der Waals surface area contributed by atoms with Crippen LogP contribution in [0.25, 0.3) is 0 Å². The van der Waals surface area contributed by atoms with Gasteiger partial charge >= 0.3 is 0 Å². The molecule has 0 saturated carbocycles. The van der Waals surface area contributed by atoms with Gasteiger partial charge in [-0.3, -0.25) is 0 Å². The zero-order chi connectivity index (χ0) is 13.9. The first-order chi connectivity index (χ1) is 8.96. The van der Waals surface area contributed by atoms with Gasteiger partial charge in [0.25, 0.3) is 0 Å². The average molecular weight is 261 g/mol. The quantitative estimate of drug-likeness (QED) is 0.825. The highest BCUT2D eigenvalue weighted by Crippen LogP contribution is 2.25. The summed E-state index contributed by atoms with van der Waals surface area (Å²) in [5.41, 5.74) is 3.66. The van der Waals surface area contributed by atoms with Crippen LogP contribution in [0.4, 0.5) is 0 Å². The van der Waals surface area contributed by atoms with E-state index in [-0.39, 0.29) is 0 Å². The molecule has 2 N–H and O–H groups in total. The zero-order valence-electron chi connectivity index (χ0n) is 12.5. The standard InChI is InChI=1S/C17H27NO/c1-13(2)18-10-9-17(3,19)12-14-7-8-15-5-4-6-16(15)11-14/h7-8,11,13,18-19H,4-6,9-10,12H2,1-3H3. The molecule has 0 amide bonds. The minimum Gasteiger partial charge on any atom is -0.390 e. The first kappa shape index (κ1) is 14.5. The Morgan fingerprint density at radius 1 is 1.26 bits per heavy atom. The van der Waals surface area contributed by atoms with Crippen molar-refractivity contribution in [1.29, 1.82) is 0 Å². The molecule has 0 heterocycles. The summed E-state index contributed by atoms with van der Waals surface area (Å²) in [6, 6.07) is 7.22. The van der Waals surface area contributed by atoms with E-state index >= 15 is 0 Å². The van der Waals surface area contributed by atoms with Gasteiger partial charge < -0.3 is 10.4 Å². The van der Waals surface area contributed by atoms with Crippen LogP contribution in [0.1, 0.15) is 50.3 Å². The summed E-state index contributed by atoms with van der Waals surface area (Å²) in [5.74, 6) is 0. The van der Waals surface area contributed by atoms with Crippen LogP contribution in [0.2, 0.25) is 0 Å². The number of hydrogen-bond acceptors (Lipinski definition) is 2. The smallest absolute Gasteiger partial charge is 0.0672 e. The fourth-order valence-corrected chi connectivity index (χ4v) is 2.89. The lowest BCUT2D eigenvalue weighted by Gasteiger charge is -2.24. The SMILES string of the molecule is CC(C)NCCC(C)(O)Cc1ccc2c(c1)CCC2. The van der Waals surface area contributed by atoms with Gasteiger partial charge in [0.2, 0.25) is 0 Å². The summed E-state index contributed by atoms with van der Waals surface area (Å²) < 4.78 is 0. The molecule has 0 bridgehead atoms. The normalized spacial score (nSPS) is 17.5. The van der Waals surface area contributed by atoms with E-state index in [1.165, 1.54) is 36.0 Å². The second-order valence-electron chi connectivity index (χ2n) is 6.49. The van der Waals surface area contributed by atoms with Crippen LogP contribution in [0, 0.1) is 0 Å². The van der Waals surface area contributed by atoms with Crippen molar-refractivity contribution < 1.29 is 5.11 Å². The third kappa shape index (κ3) is 4.32. The van der Waals surface area contributed by atoms with Gasteiger partial charge in [0, 0.05) is 12.5 Å². The van der Waals surface area contributed by atoms with Crippen molar-refractivity contribution in [1.82, 2.24) is 5.32 Å². The minimum atomic E-state index is -0.616. The summed E-state index contributed by atoms with van der Waals surface area (Å²) in [4.78, 5) is 0. The van der Waals surface area contributed by atoms with Crippen LogP contribution in [0.15, 0.2) is 18.2 Å².